The quantitative estimate of drug-likeness (QED) is 0.134. The summed E-state index contributed by atoms with van der Waals surface area (Å²) in [6.45, 7) is 7.39. The van der Waals surface area contributed by atoms with Crippen LogP contribution in [0.25, 0.3) is 0 Å². The first-order valence-corrected chi connectivity index (χ1v) is 15.5. The number of thiazole rings is 1. The highest BCUT2D eigenvalue weighted by atomic mass is 32.1. The smallest absolute Gasteiger partial charge is 0.435 e. The van der Waals surface area contributed by atoms with Crippen LogP contribution < -0.4 is 9.80 Å². The first-order chi connectivity index (χ1) is 21.0. The Hall–Kier alpha value is -4.17. The molecule has 0 radical (unpaired) electrons. The Bertz CT molecular complexity index is 1710. The van der Waals surface area contributed by atoms with Gasteiger partial charge in [0.2, 0.25) is 0 Å². The summed E-state index contributed by atoms with van der Waals surface area (Å²) < 4.78 is 45.5. The minimum Gasteiger partial charge on any atom is -0.462 e. The molecule has 2 aromatic carbocycles. The van der Waals surface area contributed by atoms with Gasteiger partial charge in [0.15, 0.2) is 10.8 Å². The lowest BCUT2D eigenvalue weighted by molar-refractivity contribution is -0.141. The van der Waals surface area contributed by atoms with Crippen LogP contribution in [0.1, 0.15) is 46.3 Å². The average molecular weight is 642 g/mol. The first kappa shape index (κ1) is 31.3. The van der Waals surface area contributed by atoms with Gasteiger partial charge < -0.3 is 14.5 Å². The van der Waals surface area contributed by atoms with Crippen molar-refractivity contribution < 1.29 is 22.7 Å². The molecule has 0 N–H and O–H groups in total. The molecule has 0 saturated carbocycles. The molecule has 1 fully saturated rings. The zero-order valence-corrected chi connectivity index (χ0v) is 26.2. The van der Waals surface area contributed by atoms with E-state index in [9.17, 15) is 18.0 Å². The molecule has 0 aliphatic carbocycles. The van der Waals surface area contributed by atoms with Gasteiger partial charge in [-0.15, -0.1) is 10.2 Å². The molecule has 44 heavy (non-hydrogen) atoms. The van der Waals surface area contributed by atoms with Gasteiger partial charge >= 0.3 is 12.1 Å². The summed E-state index contributed by atoms with van der Waals surface area (Å²) in [5.41, 5.74) is 2.91. The zero-order chi connectivity index (χ0) is 31.4. The van der Waals surface area contributed by atoms with Crippen molar-refractivity contribution in [2.45, 2.75) is 39.8 Å². The Morgan fingerprint density at radius 3 is 2.30 bits per heavy atom. The van der Waals surface area contributed by atoms with Gasteiger partial charge in [0.1, 0.15) is 9.88 Å². The Labute approximate surface area is 260 Å². The molecular formula is C30H30F3N7O2S2. The number of azo groups is 2. The van der Waals surface area contributed by atoms with Crippen LogP contribution in [0, 0.1) is 13.8 Å². The van der Waals surface area contributed by atoms with Gasteiger partial charge in [0.25, 0.3) is 0 Å². The van der Waals surface area contributed by atoms with E-state index in [1.165, 1.54) is 29.7 Å². The Balaban J connectivity index is 1.27. The number of alkyl halides is 3. The minimum absolute atomic E-state index is 0.0110. The lowest BCUT2D eigenvalue weighted by Gasteiger charge is -2.18. The zero-order valence-electron chi connectivity index (χ0n) is 24.6. The molecule has 9 nitrogen and oxygen atoms in total. The second kappa shape index (κ2) is 13.2. The Kier molecular flexibility index (Phi) is 9.39. The summed E-state index contributed by atoms with van der Waals surface area (Å²) in [4.78, 5) is 19.2. The predicted octanol–water partition coefficient (Wildman–Crippen LogP) is 10.2. The van der Waals surface area contributed by atoms with Gasteiger partial charge in [-0.3, -0.25) is 0 Å². The number of hydrogen-bond acceptors (Lipinski definition) is 11. The van der Waals surface area contributed by atoms with Gasteiger partial charge in [-0.1, -0.05) is 22.7 Å². The van der Waals surface area contributed by atoms with E-state index >= 15 is 0 Å². The van der Waals surface area contributed by atoms with Gasteiger partial charge in [-0.05, 0) is 93.3 Å². The maximum absolute atomic E-state index is 13.6. The number of esters is 1. The summed E-state index contributed by atoms with van der Waals surface area (Å²) >= 11 is 2.26. The predicted molar refractivity (Wildman–Crippen MR) is 168 cm³/mol. The normalized spacial score (nSPS) is 13.8. The largest absolute Gasteiger partial charge is 0.462 e. The monoisotopic (exact) mass is 641 g/mol. The van der Waals surface area contributed by atoms with E-state index in [2.05, 4.69) is 36.4 Å². The average Bonchev–Trinajstić information content (AvgIpc) is 3.76. The number of rotatable bonds is 9. The fraction of sp³-hybridized carbons (Fsp3) is 0.333. The van der Waals surface area contributed by atoms with Crippen LogP contribution >= 0.6 is 22.7 Å². The van der Waals surface area contributed by atoms with Crippen molar-refractivity contribution in [3.63, 3.8) is 0 Å². The second-order valence-corrected chi connectivity index (χ2v) is 12.1. The minimum atomic E-state index is -4.79. The van der Waals surface area contributed by atoms with Crippen molar-refractivity contribution in [1.82, 2.24) is 4.98 Å². The van der Waals surface area contributed by atoms with E-state index in [1.807, 2.05) is 38.1 Å². The molecule has 1 saturated heterocycles. The summed E-state index contributed by atoms with van der Waals surface area (Å²) in [7, 11) is 1.59. The van der Waals surface area contributed by atoms with E-state index in [1.54, 1.807) is 36.6 Å². The highest BCUT2D eigenvalue weighted by Crippen LogP contribution is 2.40. The van der Waals surface area contributed by atoms with Crippen LogP contribution in [-0.2, 0) is 10.9 Å². The van der Waals surface area contributed by atoms with Crippen molar-refractivity contribution in [1.29, 1.82) is 0 Å². The third kappa shape index (κ3) is 7.13. The number of carbonyl (C=O) groups is 1. The lowest BCUT2D eigenvalue weighted by Crippen LogP contribution is -2.15. The highest BCUT2D eigenvalue weighted by molar-refractivity contribution is 7.19. The molecule has 4 aromatic rings. The number of thiophene rings is 1. The highest BCUT2D eigenvalue weighted by Gasteiger charge is 2.40. The Morgan fingerprint density at radius 1 is 0.955 bits per heavy atom. The molecular weight excluding hydrogens is 612 g/mol. The summed E-state index contributed by atoms with van der Waals surface area (Å²) in [6, 6.07) is 14.8. The molecule has 14 heteroatoms. The van der Waals surface area contributed by atoms with Crippen molar-refractivity contribution in [3.05, 3.63) is 70.2 Å². The van der Waals surface area contributed by atoms with E-state index < -0.39 is 22.7 Å². The maximum atomic E-state index is 13.6. The lowest BCUT2D eigenvalue weighted by atomic mass is 10.1. The number of halogens is 3. The number of hydrogen-bond donors (Lipinski definition) is 0. The summed E-state index contributed by atoms with van der Waals surface area (Å²) in [5, 5.41) is 19.6. The van der Waals surface area contributed by atoms with Gasteiger partial charge in [0, 0.05) is 25.8 Å². The number of ether oxygens (including phenoxy) is 1. The third-order valence-corrected chi connectivity index (χ3v) is 9.03. The van der Waals surface area contributed by atoms with E-state index in [0.29, 0.717) is 34.1 Å². The number of aromatic nitrogens is 1. The molecule has 1 aliphatic rings. The van der Waals surface area contributed by atoms with Gasteiger partial charge in [-0.25, -0.2) is 9.78 Å². The molecule has 0 bridgehead atoms. The standard InChI is InChI=1S/C30H30F3N7O2S2/c1-5-42-28(41)26-27(30(31,32)33)34-29(44-26)39(4)23-11-9-21(17-19(23)3)35-37-22-10-8-20(16-18(22)2)36-38-24-12-13-25(43-24)40-14-6-7-15-40/h8-13,16-17H,5-7,14-15H2,1-4H3/b37-35+,38-36+. The van der Waals surface area contributed by atoms with Crippen molar-refractivity contribution in [3.8, 4) is 0 Å². The van der Waals surface area contributed by atoms with E-state index in [-0.39, 0.29) is 11.7 Å². The Morgan fingerprint density at radius 2 is 1.64 bits per heavy atom. The molecule has 1 aliphatic heterocycles. The second-order valence-electron chi connectivity index (χ2n) is 10.1. The SMILES string of the molecule is CCOC(=O)c1sc(N(C)c2ccc(/N=N/c3ccc(/N=N/c4ccc(N5CCCC5)s4)cc3C)cc2C)nc1C(F)(F)F. The van der Waals surface area contributed by atoms with E-state index in [0.717, 1.165) is 29.2 Å². The molecule has 3 heterocycles. The summed E-state index contributed by atoms with van der Waals surface area (Å²) in [6.07, 6.45) is -2.34. The van der Waals surface area contributed by atoms with Crippen molar-refractivity contribution >= 4 is 66.5 Å². The van der Waals surface area contributed by atoms with Gasteiger partial charge in [-0.2, -0.15) is 23.4 Å². The topological polar surface area (TPSA) is 95.1 Å². The van der Waals surface area contributed by atoms with Crippen molar-refractivity contribution in [2.75, 3.05) is 36.5 Å². The fourth-order valence-electron chi connectivity index (χ4n) is 4.67. The maximum Gasteiger partial charge on any atom is 0.435 e. The van der Waals surface area contributed by atoms with Crippen LogP contribution in [0.5, 0.6) is 0 Å². The molecule has 5 rings (SSSR count). The van der Waals surface area contributed by atoms with Crippen LogP contribution in [0.3, 0.4) is 0 Å². The molecule has 230 valence electrons. The molecule has 0 spiro atoms. The first-order valence-electron chi connectivity index (χ1n) is 13.9. The van der Waals surface area contributed by atoms with Crippen LogP contribution in [0.2, 0.25) is 0 Å². The number of anilines is 3. The van der Waals surface area contributed by atoms with Crippen LogP contribution in [0.4, 0.5) is 51.1 Å². The molecule has 0 amide bonds. The third-order valence-electron chi connectivity index (χ3n) is 6.89. The molecule has 2 aromatic heterocycles. The number of aryl methyl sites for hydroxylation is 2. The van der Waals surface area contributed by atoms with Gasteiger partial charge in [0.05, 0.1) is 28.7 Å². The number of benzene rings is 2. The molecule has 0 atom stereocenters. The van der Waals surface area contributed by atoms with Crippen LogP contribution in [0.15, 0.2) is 69.0 Å². The molecule has 0 unspecified atom stereocenters. The number of carbonyl (C=O) groups excluding carboxylic acids is 1. The summed E-state index contributed by atoms with van der Waals surface area (Å²) in [5.74, 6) is -1.05. The van der Waals surface area contributed by atoms with Crippen molar-refractivity contribution in [2.24, 2.45) is 20.5 Å². The fourth-order valence-corrected chi connectivity index (χ4v) is 6.51. The number of nitrogens with zero attached hydrogens (tertiary/aromatic N) is 7. The van der Waals surface area contributed by atoms with Crippen LogP contribution in [-0.4, -0.2) is 37.7 Å². The van der Waals surface area contributed by atoms with E-state index in [4.69, 9.17) is 4.74 Å².